The van der Waals surface area contributed by atoms with Crippen molar-refractivity contribution in [2.24, 2.45) is 0 Å². The smallest absolute Gasteiger partial charge is 0.254 e. The minimum Gasteiger partial charge on any atom is -0.496 e. The Kier molecular flexibility index (Phi) is 6.90. The minimum atomic E-state index is 0.00377. The van der Waals surface area contributed by atoms with Gasteiger partial charge in [-0.1, -0.05) is 30.3 Å². The number of para-hydroxylation sites is 1. The number of benzene rings is 2. The van der Waals surface area contributed by atoms with Gasteiger partial charge in [0.2, 0.25) is 0 Å². The predicted octanol–water partition coefficient (Wildman–Crippen LogP) is 4.38. The highest BCUT2D eigenvalue weighted by Crippen LogP contribution is 2.23. The van der Waals surface area contributed by atoms with Crippen molar-refractivity contribution in [1.82, 2.24) is 14.7 Å². The van der Waals surface area contributed by atoms with E-state index in [0.717, 1.165) is 47.7 Å². The molecule has 6 heteroatoms. The minimum absolute atomic E-state index is 0.00377. The van der Waals surface area contributed by atoms with Gasteiger partial charge in [-0.15, -0.1) is 0 Å². The summed E-state index contributed by atoms with van der Waals surface area (Å²) in [7, 11) is 1.66. The zero-order chi connectivity index (χ0) is 22.5. The van der Waals surface area contributed by atoms with Gasteiger partial charge in [0.15, 0.2) is 0 Å². The summed E-state index contributed by atoms with van der Waals surface area (Å²) < 4.78 is 13.3. The Labute approximate surface area is 189 Å². The lowest BCUT2D eigenvalue weighted by molar-refractivity contribution is 0.0505. The van der Waals surface area contributed by atoms with Crippen LogP contribution in [-0.4, -0.2) is 47.0 Å². The quantitative estimate of drug-likeness (QED) is 0.529. The van der Waals surface area contributed by atoms with Crippen LogP contribution in [0.3, 0.4) is 0 Å². The average Bonchev–Trinajstić information content (AvgIpc) is 3.42. The van der Waals surface area contributed by atoms with E-state index in [9.17, 15) is 4.79 Å². The summed E-state index contributed by atoms with van der Waals surface area (Å²) in [5.41, 5.74) is 4.92. The van der Waals surface area contributed by atoms with Crippen molar-refractivity contribution in [1.29, 1.82) is 0 Å². The molecule has 6 nitrogen and oxygen atoms in total. The summed E-state index contributed by atoms with van der Waals surface area (Å²) in [6, 6.07) is 17.8. The molecule has 1 unspecified atom stereocenters. The molecule has 0 bridgehead atoms. The first-order valence-corrected chi connectivity index (χ1v) is 11.2. The molecular weight excluding hydrogens is 402 g/mol. The molecule has 32 heavy (non-hydrogen) atoms. The number of hydrogen-bond acceptors (Lipinski definition) is 4. The molecule has 0 radical (unpaired) electrons. The molecule has 3 aromatic rings. The first kappa shape index (κ1) is 22.1. The van der Waals surface area contributed by atoms with Gasteiger partial charge in [-0.2, -0.15) is 5.10 Å². The number of methoxy groups -OCH3 is 1. The highest BCUT2D eigenvalue weighted by atomic mass is 16.5. The fraction of sp³-hybridized carbons (Fsp3) is 0.385. The fourth-order valence-corrected chi connectivity index (χ4v) is 4.24. The third kappa shape index (κ3) is 5.19. The molecule has 1 fully saturated rings. The first-order valence-electron chi connectivity index (χ1n) is 11.2. The number of nitrogens with zero attached hydrogens (tertiary/aromatic N) is 3. The third-order valence-electron chi connectivity index (χ3n) is 5.93. The summed E-state index contributed by atoms with van der Waals surface area (Å²) in [5, 5.41) is 4.53. The summed E-state index contributed by atoms with van der Waals surface area (Å²) in [4.78, 5) is 15.4. The average molecular weight is 434 g/mol. The van der Waals surface area contributed by atoms with Crippen molar-refractivity contribution < 1.29 is 14.3 Å². The van der Waals surface area contributed by atoms with Crippen LogP contribution in [0.1, 0.15) is 45.7 Å². The van der Waals surface area contributed by atoms with Gasteiger partial charge in [0.05, 0.1) is 25.5 Å². The lowest BCUT2D eigenvalue weighted by Gasteiger charge is -2.26. The lowest BCUT2D eigenvalue weighted by Crippen LogP contribution is -2.37. The van der Waals surface area contributed by atoms with E-state index in [1.54, 1.807) is 7.11 Å². The number of rotatable bonds is 8. The number of ether oxygens (including phenoxy) is 2. The number of aromatic nitrogens is 2. The maximum atomic E-state index is 13.5. The van der Waals surface area contributed by atoms with Crippen LogP contribution in [0, 0.1) is 13.8 Å². The molecular formula is C26H31N3O3. The van der Waals surface area contributed by atoms with Crippen LogP contribution in [0.15, 0.2) is 54.6 Å². The Morgan fingerprint density at radius 1 is 1.19 bits per heavy atom. The Bertz CT molecular complexity index is 1050. The molecule has 0 aliphatic carbocycles. The van der Waals surface area contributed by atoms with Gasteiger partial charge in [0.25, 0.3) is 5.91 Å². The molecule has 1 aliphatic rings. The fourth-order valence-electron chi connectivity index (χ4n) is 4.24. The van der Waals surface area contributed by atoms with Crippen molar-refractivity contribution in [3.63, 3.8) is 0 Å². The van der Waals surface area contributed by atoms with Gasteiger partial charge in [0.1, 0.15) is 5.75 Å². The van der Waals surface area contributed by atoms with Crippen LogP contribution >= 0.6 is 0 Å². The zero-order valence-corrected chi connectivity index (χ0v) is 19.1. The third-order valence-corrected chi connectivity index (χ3v) is 5.93. The SMILES string of the molecule is COc1ccccc1CN(CC1CCCO1)C(=O)c1ccc(Cn2nc(C)cc2C)cc1. The van der Waals surface area contributed by atoms with Gasteiger partial charge in [-0.3, -0.25) is 9.48 Å². The number of carbonyl (C=O) groups excluding carboxylic acids is 1. The van der Waals surface area contributed by atoms with Crippen LogP contribution in [0.25, 0.3) is 0 Å². The molecule has 0 N–H and O–H groups in total. The van der Waals surface area contributed by atoms with E-state index in [1.165, 1.54) is 0 Å². The van der Waals surface area contributed by atoms with E-state index in [1.807, 2.05) is 65.0 Å². The largest absolute Gasteiger partial charge is 0.496 e. The number of aryl methyl sites for hydroxylation is 2. The maximum absolute atomic E-state index is 13.5. The van der Waals surface area contributed by atoms with Crippen LogP contribution in [0.4, 0.5) is 0 Å². The lowest BCUT2D eigenvalue weighted by atomic mass is 10.1. The van der Waals surface area contributed by atoms with Crippen molar-refractivity contribution in [3.8, 4) is 5.75 Å². The molecule has 0 spiro atoms. The van der Waals surface area contributed by atoms with Crippen LogP contribution in [-0.2, 0) is 17.8 Å². The second kappa shape index (κ2) is 10.0. The van der Waals surface area contributed by atoms with Gasteiger partial charge >= 0.3 is 0 Å². The number of carbonyl (C=O) groups is 1. The van der Waals surface area contributed by atoms with E-state index in [4.69, 9.17) is 9.47 Å². The second-order valence-corrected chi connectivity index (χ2v) is 8.41. The molecule has 2 heterocycles. The summed E-state index contributed by atoms with van der Waals surface area (Å²) in [6.07, 6.45) is 2.11. The summed E-state index contributed by atoms with van der Waals surface area (Å²) >= 11 is 0. The molecule has 1 saturated heterocycles. The van der Waals surface area contributed by atoms with Crippen molar-refractivity contribution >= 4 is 5.91 Å². The highest BCUT2D eigenvalue weighted by Gasteiger charge is 2.24. The standard InChI is InChI=1S/C26H31N3O3/c1-19-15-20(2)29(27-19)16-21-10-12-22(13-11-21)26(30)28(18-24-8-6-14-32-24)17-23-7-4-5-9-25(23)31-3/h4-5,7,9-13,15,24H,6,8,14,16-18H2,1-3H3. The number of hydrogen-bond donors (Lipinski definition) is 0. The Balaban J connectivity index is 1.52. The molecule has 0 saturated carbocycles. The Morgan fingerprint density at radius 2 is 1.97 bits per heavy atom. The molecule has 1 atom stereocenters. The van der Waals surface area contributed by atoms with Crippen LogP contribution < -0.4 is 4.74 Å². The predicted molar refractivity (Wildman–Crippen MR) is 124 cm³/mol. The van der Waals surface area contributed by atoms with Gasteiger partial charge < -0.3 is 14.4 Å². The van der Waals surface area contributed by atoms with E-state index < -0.39 is 0 Å². The summed E-state index contributed by atoms with van der Waals surface area (Å²) in [5.74, 6) is 0.793. The van der Waals surface area contributed by atoms with E-state index in [-0.39, 0.29) is 12.0 Å². The van der Waals surface area contributed by atoms with Crippen LogP contribution in [0.5, 0.6) is 5.75 Å². The van der Waals surface area contributed by atoms with E-state index in [0.29, 0.717) is 25.2 Å². The van der Waals surface area contributed by atoms with Crippen molar-refractivity contribution in [2.45, 2.75) is 45.9 Å². The van der Waals surface area contributed by atoms with Gasteiger partial charge in [-0.25, -0.2) is 0 Å². The van der Waals surface area contributed by atoms with E-state index >= 15 is 0 Å². The van der Waals surface area contributed by atoms with Gasteiger partial charge in [0, 0.05) is 36.5 Å². The maximum Gasteiger partial charge on any atom is 0.254 e. The monoisotopic (exact) mass is 433 g/mol. The highest BCUT2D eigenvalue weighted by molar-refractivity contribution is 5.94. The molecule has 2 aromatic carbocycles. The molecule has 1 aromatic heterocycles. The van der Waals surface area contributed by atoms with Crippen molar-refractivity contribution in [3.05, 3.63) is 82.7 Å². The second-order valence-electron chi connectivity index (χ2n) is 8.41. The molecule has 168 valence electrons. The first-order chi connectivity index (χ1) is 15.5. The molecule has 1 amide bonds. The molecule has 4 rings (SSSR count). The topological polar surface area (TPSA) is 56.6 Å². The van der Waals surface area contributed by atoms with Crippen molar-refractivity contribution in [2.75, 3.05) is 20.3 Å². The normalized spacial score (nSPS) is 15.7. The van der Waals surface area contributed by atoms with E-state index in [2.05, 4.69) is 18.1 Å². The zero-order valence-electron chi connectivity index (χ0n) is 19.1. The summed E-state index contributed by atoms with van der Waals surface area (Å²) in [6.45, 7) is 6.56. The Hall–Kier alpha value is -3.12. The Morgan fingerprint density at radius 3 is 2.62 bits per heavy atom. The van der Waals surface area contributed by atoms with Gasteiger partial charge in [-0.05, 0) is 56.5 Å². The number of amides is 1. The molecule has 1 aliphatic heterocycles. The van der Waals surface area contributed by atoms with Crippen LogP contribution in [0.2, 0.25) is 0 Å².